The van der Waals surface area contributed by atoms with E-state index in [1.54, 1.807) is 18.2 Å². The van der Waals surface area contributed by atoms with Crippen LogP contribution in [0.4, 0.5) is 11.4 Å². The number of carbonyl (C=O) groups is 1. The highest BCUT2D eigenvalue weighted by Gasteiger charge is 2.22. The Kier molecular flexibility index (Phi) is 3.66. The van der Waals surface area contributed by atoms with Gasteiger partial charge < -0.3 is 15.7 Å². The van der Waals surface area contributed by atoms with Crippen molar-refractivity contribution >= 4 is 17.3 Å². The Morgan fingerprint density at radius 3 is 2.47 bits per heavy atom. The van der Waals surface area contributed by atoms with Gasteiger partial charge in [-0.3, -0.25) is 0 Å². The molecule has 94 valence electrons. The van der Waals surface area contributed by atoms with E-state index in [0.29, 0.717) is 5.69 Å². The number of aromatic carboxylic acids is 1. The Hall–Kier alpha value is -1.71. The summed E-state index contributed by atoms with van der Waals surface area (Å²) in [7, 11) is 1.98. The van der Waals surface area contributed by atoms with Crippen LogP contribution in [0.3, 0.4) is 0 Å². The van der Waals surface area contributed by atoms with Crippen molar-refractivity contribution in [3.8, 4) is 0 Å². The molecule has 0 radical (unpaired) electrons. The van der Waals surface area contributed by atoms with Gasteiger partial charge >= 0.3 is 5.97 Å². The van der Waals surface area contributed by atoms with Crippen molar-refractivity contribution in [2.45, 2.75) is 32.7 Å². The van der Waals surface area contributed by atoms with Gasteiger partial charge in [0.2, 0.25) is 0 Å². The van der Waals surface area contributed by atoms with Gasteiger partial charge in [-0.1, -0.05) is 6.92 Å². The predicted molar refractivity (Wildman–Crippen MR) is 70.6 cm³/mol. The van der Waals surface area contributed by atoms with E-state index in [4.69, 9.17) is 10.8 Å². The van der Waals surface area contributed by atoms with Crippen LogP contribution in [0.25, 0.3) is 0 Å². The summed E-state index contributed by atoms with van der Waals surface area (Å²) in [5.74, 6) is -0.994. The number of carboxylic acids is 1. The van der Waals surface area contributed by atoms with Gasteiger partial charge in [0, 0.05) is 24.0 Å². The molecule has 0 saturated heterocycles. The molecule has 4 nitrogen and oxygen atoms in total. The summed E-state index contributed by atoms with van der Waals surface area (Å²) < 4.78 is 0. The van der Waals surface area contributed by atoms with Crippen LogP contribution in [0.2, 0.25) is 0 Å². The Balaban J connectivity index is 3.10. The van der Waals surface area contributed by atoms with Crippen LogP contribution < -0.4 is 10.6 Å². The smallest absolute Gasteiger partial charge is 0.337 e. The monoisotopic (exact) mass is 236 g/mol. The van der Waals surface area contributed by atoms with Crippen molar-refractivity contribution < 1.29 is 9.90 Å². The molecule has 0 atom stereocenters. The van der Waals surface area contributed by atoms with Crippen molar-refractivity contribution in [3.63, 3.8) is 0 Å². The zero-order valence-electron chi connectivity index (χ0n) is 10.8. The summed E-state index contributed by atoms with van der Waals surface area (Å²) in [4.78, 5) is 13.0. The second-order valence-corrected chi connectivity index (χ2v) is 4.80. The second kappa shape index (κ2) is 4.65. The molecule has 1 aromatic carbocycles. The number of anilines is 2. The Bertz CT molecular complexity index is 427. The number of carboxylic acid groups (broad SMARTS) is 1. The maximum atomic E-state index is 10.9. The molecule has 0 amide bonds. The summed E-state index contributed by atoms with van der Waals surface area (Å²) in [6, 6.07) is 5.05. The van der Waals surface area contributed by atoms with Gasteiger partial charge in [0.15, 0.2) is 0 Å². The molecule has 0 fully saturated rings. The topological polar surface area (TPSA) is 66.6 Å². The summed E-state index contributed by atoms with van der Waals surface area (Å²) in [5, 5.41) is 8.91. The molecule has 0 aliphatic heterocycles. The lowest BCUT2D eigenvalue weighted by Gasteiger charge is -2.37. The lowest BCUT2D eigenvalue weighted by Crippen LogP contribution is -2.40. The minimum Gasteiger partial charge on any atom is -0.478 e. The van der Waals surface area contributed by atoms with Crippen molar-refractivity contribution in [1.82, 2.24) is 0 Å². The van der Waals surface area contributed by atoms with Gasteiger partial charge in [0.05, 0.1) is 5.56 Å². The molecule has 0 heterocycles. The van der Waals surface area contributed by atoms with E-state index < -0.39 is 5.97 Å². The summed E-state index contributed by atoms with van der Waals surface area (Å²) in [5.41, 5.74) is 7.13. The number of nitrogen functional groups attached to an aromatic ring is 1. The van der Waals surface area contributed by atoms with E-state index in [1.165, 1.54) is 0 Å². The molecule has 1 aromatic rings. The lowest BCUT2D eigenvalue weighted by molar-refractivity contribution is 0.0698. The van der Waals surface area contributed by atoms with E-state index in [0.717, 1.165) is 12.1 Å². The van der Waals surface area contributed by atoms with Crippen LogP contribution in [-0.2, 0) is 0 Å². The van der Waals surface area contributed by atoms with E-state index in [9.17, 15) is 4.79 Å². The molecular weight excluding hydrogens is 216 g/mol. The average molecular weight is 236 g/mol. The molecule has 17 heavy (non-hydrogen) atoms. The second-order valence-electron chi connectivity index (χ2n) is 4.80. The fourth-order valence-electron chi connectivity index (χ4n) is 1.54. The highest BCUT2D eigenvalue weighted by molar-refractivity contribution is 5.94. The molecule has 0 aromatic heterocycles. The Labute approximate surface area is 102 Å². The molecule has 0 aliphatic carbocycles. The molecule has 3 N–H and O–H groups in total. The van der Waals surface area contributed by atoms with Crippen LogP contribution in [-0.4, -0.2) is 23.7 Å². The van der Waals surface area contributed by atoms with E-state index in [1.807, 2.05) is 7.05 Å². The predicted octanol–water partition coefficient (Wildman–Crippen LogP) is 2.59. The molecule has 0 aliphatic rings. The Morgan fingerprint density at radius 2 is 2.06 bits per heavy atom. The maximum absolute atomic E-state index is 10.9. The number of nitrogens with two attached hydrogens (primary N) is 1. The zero-order valence-corrected chi connectivity index (χ0v) is 10.8. The highest BCUT2D eigenvalue weighted by atomic mass is 16.4. The number of nitrogens with zero attached hydrogens (tertiary/aromatic N) is 1. The van der Waals surface area contributed by atoms with Crippen molar-refractivity contribution in [3.05, 3.63) is 23.8 Å². The molecule has 1 rings (SSSR count). The third-order valence-electron chi connectivity index (χ3n) is 3.43. The quantitative estimate of drug-likeness (QED) is 0.788. The maximum Gasteiger partial charge on any atom is 0.337 e. The third kappa shape index (κ3) is 2.70. The van der Waals surface area contributed by atoms with Crippen LogP contribution in [0, 0.1) is 0 Å². The van der Waals surface area contributed by atoms with Crippen LogP contribution in [0.5, 0.6) is 0 Å². The first kappa shape index (κ1) is 13.4. The lowest BCUT2D eigenvalue weighted by atomic mass is 9.98. The van der Waals surface area contributed by atoms with Crippen LogP contribution in [0.15, 0.2) is 18.2 Å². The number of rotatable bonds is 4. The van der Waals surface area contributed by atoms with Crippen molar-refractivity contribution in [2.75, 3.05) is 17.7 Å². The first-order valence-corrected chi connectivity index (χ1v) is 5.66. The minimum atomic E-state index is -0.994. The third-order valence-corrected chi connectivity index (χ3v) is 3.43. The number of hydrogen-bond donors (Lipinski definition) is 2. The molecule has 0 spiro atoms. The van der Waals surface area contributed by atoms with Gasteiger partial charge in [0.25, 0.3) is 0 Å². The van der Waals surface area contributed by atoms with Gasteiger partial charge in [-0.2, -0.15) is 0 Å². The number of benzene rings is 1. The summed E-state index contributed by atoms with van der Waals surface area (Å²) >= 11 is 0. The first-order chi connectivity index (χ1) is 7.79. The molecule has 0 unspecified atom stereocenters. The summed E-state index contributed by atoms with van der Waals surface area (Å²) in [6.45, 7) is 6.38. The molecule has 4 heteroatoms. The average Bonchev–Trinajstić information content (AvgIpc) is 2.27. The standard InChI is InChI=1S/C13H20N2O2/c1-5-13(2,3)15(4)9-6-7-10(12(16)17)11(14)8-9/h6-8H,5,14H2,1-4H3,(H,16,17). The largest absolute Gasteiger partial charge is 0.478 e. The molecule has 0 saturated carbocycles. The molecule has 0 bridgehead atoms. The fourth-order valence-corrected chi connectivity index (χ4v) is 1.54. The highest BCUT2D eigenvalue weighted by Crippen LogP contribution is 2.27. The van der Waals surface area contributed by atoms with E-state index in [2.05, 4.69) is 25.7 Å². The van der Waals surface area contributed by atoms with Gasteiger partial charge in [-0.15, -0.1) is 0 Å². The Morgan fingerprint density at radius 1 is 1.47 bits per heavy atom. The normalized spacial score (nSPS) is 11.3. The van der Waals surface area contributed by atoms with Crippen molar-refractivity contribution in [1.29, 1.82) is 0 Å². The van der Waals surface area contributed by atoms with E-state index in [-0.39, 0.29) is 11.1 Å². The van der Waals surface area contributed by atoms with Crippen molar-refractivity contribution in [2.24, 2.45) is 0 Å². The zero-order chi connectivity index (χ0) is 13.2. The van der Waals surface area contributed by atoms with Gasteiger partial charge in [0.1, 0.15) is 0 Å². The minimum absolute atomic E-state index is 0.0111. The van der Waals surface area contributed by atoms with E-state index >= 15 is 0 Å². The summed E-state index contributed by atoms with van der Waals surface area (Å²) in [6.07, 6.45) is 0.990. The number of hydrogen-bond acceptors (Lipinski definition) is 3. The van der Waals surface area contributed by atoms with Gasteiger partial charge in [-0.05, 0) is 38.5 Å². The first-order valence-electron chi connectivity index (χ1n) is 5.66. The van der Waals surface area contributed by atoms with Crippen LogP contribution >= 0.6 is 0 Å². The SMILES string of the molecule is CCC(C)(C)N(C)c1ccc(C(=O)O)c(N)c1. The van der Waals surface area contributed by atoms with Crippen LogP contribution in [0.1, 0.15) is 37.6 Å². The fraction of sp³-hybridized carbons (Fsp3) is 0.462. The van der Waals surface area contributed by atoms with Gasteiger partial charge in [-0.25, -0.2) is 4.79 Å². The molecular formula is C13H20N2O2.